The summed E-state index contributed by atoms with van der Waals surface area (Å²) in [7, 11) is 0. The lowest BCUT2D eigenvalue weighted by Crippen LogP contribution is -2.59. The Labute approximate surface area is 278 Å². The molecule has 0 aromatic heterocycles. The van der Waals surface area contributed by atoms with Gasteiger partial charge in [0.15, 0.2) is 0 Å². The zero-order chi connectivity index (χ0) is 34.9. The van der Waals surface area contributed by atoms with Gasteiger partial charge in [-0.15, -0.1) is 0 Å². The fourth-order valence-electron chi connectivity index (χ4n) is 4.73. The number of carbonyl (C=O) groups is 4. The SMILES string of the molecule is CC(C)[C@H](NC(=O)C(Cc1ccccc1)NC(=O)CC(c1ccccc1)c1ccc(Cl)c(Cl)c1)C(=O)C(F)(F)C(=O)NCC(F)(F)F. The number of nitrogens with one attached hydrogen (secondary N) is 3. The van der Waals surface area contributed by atoms with E-state index < -0.39 is 66.1 Å². The summed E-state index contributed by atoms with van der Waals surface area (Å²) in [5.74, 6) is -12.6. The second-order valence-electron chi connectivity index (χ2n) is 11.1. The highest BCUT2D eigenvalue weighted by molar-refractivity contribution is 6.42. The highest BCUT2D eigenvalue weighted by atomic mass is 35.5. The van der Waals surface area contributed by atoms with Crippen LogP contribution in [0.2, 0.25) is 10.0 Å². The first kappa shape index (κ1) is 37.4. The second-order valence-corrected chi connectivity index (χ2v) is 11.9. The summed E-state index contributed by atoms with van der Waals surface area (Å²) in [4.78, 5) is 51.8. The van der Waals surface area contributed by atoms with Crippen LogP contribution >= 0.6 is 23.2 Å². The van der Waals surface area contributed by atoms with E-state index in [-0.39, 0.29) is 17.9 Å². The van der Waals surface area contributed by atoms with Crippen LogP contribution in [0.5, 0.6) is 0 Å². The summed E-state index contributed by atoms with van der Waals surface area (Å²) in [6.45, 7) is 0.531. The minimum Gasteiger partial charge on any atom is -0.344 e. The Hall–Kier alpha value is -4.03. The molecule has 0 aliphatic heterocycles. The van der Waals surface area contributed by atoms with Crippen LogP contribution in [-0.4, -0.2) is 54.2 Å². The quantitative estimate of drug-likeness (QED) is 0.136. The first-order valence-corrected chi connectivity index (χ1v) is 15.2. The Balaban J connectivity index is 1.87. The Morgan fingerprint density at radius 3 is 1.91 bits per heavy atom. The third-order valence-corrected chi connectivity index (χ3v) is 7.90. The maximum Gasteiger partial charge on any atom is 0.405 e. The van der Waals surface area contributed by atoms with Crippen molar-refractivity contribution in [2.24, 2.45) is 5.92 Å². The lowest BCUT2D eigenvalue weighted by Gasteiger charge is -2.28. The van der Waals surface area contributed by atoms with E-state index in [2.05, 4.69) is 10.6 Å². The monoisotopic (exact) mass is 699 g/mol. The minimum absolute atomic E-state index is 0.108. The molecule has 2 unspecified atom stereocenters. The Bertz CT molecular complexity index is 1560. The van der Waals surface area contributed by atoms with Gasteiger partial charge in [0, 0.05) is 18.8 Å². The van der Waals surface area contributed by atoms with Crippen LogP contribution in [0.15, 0.2) is 78.9 Å². The van der Waals surface area contributed by atoms with Crippen LogP contribution in [0, 0.1) is 5.92 Å². The molecule has 7 nitrogen and oxygen atoms in total. The predicted molar refractivity (Wildman–Crippen MR) is 167 cm³/mol. The molecule has 0 heterocycles. The number of rotatable bonds is 14. The van der Waals surface area contributed by atoms with Crippen molar-refractivity contribution in [3.05, 3.63) is 106 Å². The molecule has 0 bridgehead atoms. The number of benzene rings is 3. The average molecular weight is 701 g/mol. The predicted octanol–water partition coefficient (Wildman–Crippen LogP) is 6.27. The summed E-state index contributed by atoms with van der Waals surface area (Å²) in [5.41, 5.74) is 1.99. The maximum absolute atomic E-state index is 14.8. The van der Waals surface area contributed by atoms with E-state index in [1.54, 1.807) is 78.9 Å². The van der Waals surface area contributed by atoms with Crippen molar-refractivity contribution in [2.75, 3.05) is 6.54 Å². The number of ketones is 1. The van der Waals surface area contributed by atoms with Crippen molar-refractivity contribution < 1.29 is 41.1 Å². The molecule has 0 radical (unpaired) electrons. The Kier molecular flexibility index (Phi) is 12.9. The lowest BCUT2D eigenvalue weighted by atomic mass is 9.88. The molecule has 47 heavy (non-hydrogen) atoms. The molecule has 14 heteroatoms. The van der Waals surface area contributed by atoms with Crippen LogP contribution in [0.1, 0.15) is 42.9 Å². The first-order chi connectivity index (χ1) is 22.0. The second kappa shape index (κ2) is 16.2. The largest absolute Gasteiger partial charge is 0.405 e. The summed E-state index contributed by atoms with van der Waals surface area (Å²) < 4.78 is 67.0. The molecule has 0 spiro atoms. The number of Topliss-reactive ketones (excluding diaryl/α,β-unsaturated/α-hetero) is 1. The van der Waals surface area contributed by atoms with Gasteiger partial charge in [0.05, 0.1) is 16.1 Å². The molecule has 3 aromatic carbocycles. The smallest absolute Gasteiger partial charge is 0.344 e. The number of hydrogen-bond donors (Lipinski definition) is 3. The van der Waals surface area contributed by atoms with Gasteiger partial charge in [-0.1, -0.05) is 104 Å². The molecule has 3 aromatic rings. The normalized spacial score (nSPS) is 13.7. The van der Waals surface area contributed by atoms with Crippen LogP contribution < -0.4 is 16.0 Å². The Morgan fingerprint density at radius 1 is 0.766 bits per heavy atom. The average Bonchev–Trinajstić information content (AvgIpc) is 3.02. The molecule has 0 fully saturated rings. The van der Waals surface area contributed by atoms with Crippen molar-refractivity contribution in [3.8, 4) is 0 Å². The third-order valence-electron chi connectivity index (χ3n) is 7.16. The van der Waals surface area contributed by atoms with Crippen LogP contribution in [0.25, 0.3) is 0 Å². The van der Waals surface area contributed by atoms with Gasteiger partial charge >= 0.3 is 12.1 Å². The maximum atomic E-state index is 14.8. The summed E-state index contributed by atoms with van der Waals surface area (Å²) >= 11 is 12.3. The highest BCUT2D eigenvalue weighted by Crippen LogP contribution is 2.32. The fraction of sp³-hybridized carbons (Fsp3) is 0.333. The molecule has 0 aliphatic carbocycles. The molecule has 0 saturated heterocycles. The molecular weight excluding hydrogens is 668 g/mol. The number of hydrogen-bond acceptors (Lipinski definition) is 4. The number of carbonyl (C=O) groups excluding carboxylic acids is 4. The summed E-state index contributed by atoms with van der Waals surface area (Å²) in [6, 6.07) is 18.9. The number of alkyl halides is 5. The van der Waals surface area contributed by atoms with Crippen LogP contribution in [0.3, 0.4) is 0 Å². The zero-order valence-corrected chi connectivity index (χ0v) is 26.7. The van der Waals surface area contributed by atoms with Crippen molar-refractivity contribution in [2.45, 2.75) is 56.8 Å². The van der Waals surface area contributed by atoms with Gasteiger partial charge in [-0.25, -0.2) is 0 Å². The van der Waals surface area contributed by atoms with E-state index in [0.717, 1.165) is 10.9 Å². The van der Waals surface area contributed by atoms with Gasteiger partial charge in [-0.3, -0.25) is 19.2 Å². The summed E-state index contributed by atoms with van der Waals surface area (Å²) in [6.07, 6.45) is -5.28. The molecule has 252 valence electrons. The van der Waals surface area contributed by atoms with Crippen molar-refractivity contribution >= 4 is 46.7 Å². The first-order valence-electron chi connectivity index (χ1n) is 14.4. The van der Waals surface area contributed by atoms with Gasteiger partial charge in [0.1, 0.15) is 12.6 Å². The van der Waals surface area contributed by atoms with E-state index >= 15 is 0 Å². The van der Waals surface area contributed by atoms with Gasteiger partial charge in [-0.05, 0) is 34.7 Å². The standard InChI is InChI=1S/C33H32Cl2F5N3O4/c1-19(2)28(29(45)33(39,40)31(47)41-18-32(36,37)38)43-30(46)26(15-20-9-5-3-6-10-20)42-27(44)17-23(21-11-7-4-8-12-21)22-13-14-24(34)25(35)16-22/h3-14,16,19,23,26,28H,15,17-18H2,1-2H3,(H,41,47)(H,42,44)(H,43,46)/t23?,26?,28-/m0/s1. The topological polar surface area (TPSA) is 104 Å². The van der Waals surface area contributed by atoms with Crippen molar-refractivity contribution in [1.29, 1.82) is 0 Å². The van der Waals surface area contributed by atoms with Gasteiger partial charge in [0.2, 0.25) is 17.6 Å². The zero-order valence-electron chi connectivity index (χ0n) is 25.2. The van der Waals surface area contributed by atoms with Crippen LogP contribution in [0.4, 0.5) is 22.0 Å². The molecule has 3 atom stereocenters. The summed E-state index contributed by atoms with van der Waals surface area (Å²) in [5, 5.41) is 6.40. The molecule has 3 rings (SSSR count). The van der Waals surface area contributed by atoms with Gasteiger partial charge in [0.25, 0.3) is 5.91 Å². The fourth-order valence-corrected chi connectivity index (χ4v) is 5.03. The number of halogens is 7. The van der Waals surface area contributed by atoms with E-state index in [4.69, 9.17) is 23.2 Å². The molecule has 3 N–H and O–H groups in total. The van der Waals surface area contributed by atoms with Crippen molar-refractivity contribution in [1.82, 2.24) is 16.0 Å². The molecular formula is C33H32Cl2F5N3O4. The van der Waals surface area contributed by atoms with Gasteiger partial charge < -0.3 is 16.0 Å². The van der Waals surface area contributed by atoms with E-state index in [9.17, 15) is 41.1 Å². The van der Waals surface area contributed by atoms with Crippen molar-refractivity contribution in [3.63, 3.8) is 0 Å². The third kappa shape index (κ3) is 10.8. The lowest BCUT2D eigenvalue weighted by molar-refractivity contribution is -0.165. The highest BCUT2D eigenvalue weighted by Gasteiger charge is 2.52. The molecule has 0 aliphatic rings. The molecule has 0 saturated carbocycles. The van der Waals surface area contributed by atoms with Gasteiger partial charge in [-0.2, -0.15) is 22.0 Å². The van der Waals surface area contributed by atoms with E-state index in [0.29, 0.717) is 16.1 Å². The Morgan fingerprint density at radius 2 is 1.36 bits per heavy atom. The molecule has 3 amide bonds. The minimum atomic E-state index is -5.00. The van der Waals surface area contributed by atoms with E-state index in [1.807, 2.05) is 0 Å². The van der Waals surface area contributed by atoms with E-state index in [1.165, 1.54) is 13.8 Å². The number of amides is 3. The van der Waals surface area contributed by atoms with Crippen LogP contribution in [-0.2, 0) is 25.6 Å².